The summed E-state index contributed by atoms with van der Waals surface area (Å²) >= 11 is 1.83. The molecular formula is C15H18N4S. The Bertz CT molecular complexity index is 701. The molecule has 104 valence electrons. The zero-order valence-electron chi connectivity index (χ0n) is 11.7. The molecule has 0 aliphatic rings. The summed E-state index contributed by atoms with van der Waals surface area (Å²) in [5.41, 5.74) is 2.25. The van der Waals surface area contributed by atoms with Crippen LogP contribution in [0.1, 0.15) is 34.7 Å². The largest absolute Gasteiger partial charge is 0.305 e. The Morgan fingerprint density at radius 3 is 3.00 bits per heavy atom. The van der Waals surface area contributed by atoms with Gasteiger partial charge in [-0.15, -0.1) is 11.3 Å². The first-order chi connectivity index (χ1) is 9.79. The molecule has 0 radical (unpaired) electrons. The molecule has 3 heterocycles. The van der Waals surface area contributed by atoms with E-state index in [1.165, 1.54) is 15.3 Å². The van der Waals surface area contributed by atoms with Gasteiger partial charge >= 0.3 is 0 Å². The molecule has 3 aromatic rings. The quantitative estimate of drug-likeness (QED) is 0.783. The molecule has 1 N–H and O–H groups in total. The number of hydrogen-bond donors (Lipinski definition) is 1. The minimum Gasteiger partial charge on any atom is -0.305 e. The van der Waals surface area contributed by atoms with Gasteiger partial charge in [0.15, 0.2) is 0 Å². The van der Waals surface area contributed by atoms with Crippen LogP contribution in [-0.4, -0.2) is 21.1 Å². The average molecular weight is 286 g/mol. The van der Waals surface area contributed by atoms with Gasteiger partial charge in [-0.05, 0) is 32.0 Å². The number of thiophene rings is 1. The lowest BCUT2D eigenvalue weighted by molar-refractivity contribution is 0.608. The number of aryl methyl sites for hydroxylation is 1. The van der Waals surface area contributed by atoms with Crippen LogP contribution in [0.2, 0.25) is 0 Å². The van der Waals surface area contributed by atoms with E-state index in [2.05, 4.69) is 41.4 Å². The Labute approximate surface area is 122 Å². The number of nitrogens with one attached hydrogen (secondary N) is 1. The van der Waals surface area contributed by atoms with E-state index in [1.807, 2.05) is 34.4 Å². The molecule has 20 heavy (non-hydrogen) atoms. The second kappa shape index (κ2) is 5.73. The molecule has 0 amide bonds. The second-order valence-electron chi connectivity index (χ2n) is 4.84. The maximum Gasteiger partial charge on any atom is 0.0896 e. The third-order valence-electron chi connectivity index (χ3n) is 3.31. The van der Waals surface area contributed by atoms with Crippen LogP contribution in [-0.2, 0) is 0 Å². The topological polar surface area (TPSA) is 42.2 Å². The first-order valence-electron chi connectivity index (χ1n) is 6.86. The molecule has 0 saturated carbocycles. The fourth-order valence-electron chi connectivity index (χ4n) is 2.34. The molecule has 4 nitrogen and oxygen atoms in total. The van der Waals surface area contributed by atoms with Crippen LogP contribution in [0.15, 0.2) is 36.9 Å². The average Bonchev–Trinajstić information content (AvgIpc) is 3.07. The van der Waals surface area contributed by atoms with E-state index in [-0.39, 0.29) is 6.04 Å². The van der Waals surface area contributed by atoms with Gasteiger partial charge < -0.3 is 5.32 Å². The molecule has 0 spiro atoms. The first kappa shape index (κ1) is 13.3. The van der Waals surface area contributed by atoms with Crippen molar-refractivity contribution in [1.29, 1.82) is 0 Å². The summed E-state index contributed by atoms with van der Waals surface area (Å²) < 4.78 is 1.88. The van der Waals surface area contributed by atoms with Crippen molar-refractivity contribution in [2.24, 2.45) is 0 Å². The van der Waals surface area contributed by atoms with Crippen molar-refractivity contribution in [2.45, 2.75) is 26.3 Å². The molecule has 5 heteroatoms. The summed E-state index contributed by atoms with van der Waals surface area (Å²) in [6.45, 7) is 5.31. The normalized spacial score (nSPS) is 12.9. The molecule has 0 aliphatic carbocycles. The van der Waals surface area contributed by atoms with Gasteiger partial charge in [-0.2, -0.15) is 5.10 Å². The van der Waals surface area contributed by atoms with E-state index in [1.54, 1.807) is 6.20 Å². The zero-order chi connectivity index (χ0) is 13.9. The van der Waals surface area contributed by atoms with Crippen LogP contribution >= 0.6 is 11.3 Å². The van der Waals surface area contributed by atoms with Gasteiger partial charge in [0.25, 0.3) is 0 Å². The Morgan fingerprint density at radius 1 is 1.35 bits per heavy atom. The fourth-order valence-corrected chi connectivity index (χ4v) is 3.31. The lowest BCUT2D eigenvalue weighted by Crippen LogP contribution is -2.22. The van der Waals surface area contributed by atoms with Crippen LogP contribution in [0.25, 0.3) is 5.52 Å². The highest BCUT2D eigenvalue weighted by molar-refractivity contribution is 7.12. The number of hydrogen-bond acceptors (Lipinski definition) is 4. The molecule has 1 atom stereocenters. The molecule has 0 aromatic carbocycles. The van der Waals surface area contributed by atoms with Gasteiger partial charge in [0.1, 0.15) is 0 Å². The molecule has 0 bridgehead atoms. The Hall–Kier alpha value is -1.72. The zero-order valence-corrected chi connectivity index (χ0v) is 12.5. The minimum absolute atomic E-state index is 0.190. The third kappa shape index (κ3) is 2.46. The molecule has 0 saturated heterocycles. The van der Waals surface area contributed by atoms with E-state index in [9.17, 15) is 0 Å². The molecular weight excluding hydrogens is 268 g/mol. The van der Waals surface area contributed by atoms with Crippen molar-refractivity contribution in [3.8, 4) is 0 Å². The van der Waals surface area contributed by atoms with Crippen LogP contribution in [0, 0.1) is 6.92 Å². The first-order valence-corrected chi connectivity index (χ1v) is 7.68. The van der Waals surface area contributed by atoms with Gasteiger partial charge in [-0.25, -0.2) is 4.52 Å². The predicted octanol–water partition coefficient (Wildman–Crippen LogP) is 3.19. The highest BCUT2D eigenvalue weighted by Gasteiger charge is 2.19. The van der Waals surface area contributed by atoms with E-state index < -0.39 is 0 Å². The Kier molecular flexibility index (Phi) is 3.80. The number of aromatic nitrogens is 3. The van der Waals surface area contributed by atoms with E-state index in [4.69, 9.17) is 0 Å². The lowest BCUT2D eigenvalue weighted by atomic mass is 10.1. The SMILES string of the molecule is CCCNC(c1ccc(C)s1)c1cnn2ccncc12. The standard InChI is InChI=1S/C15H18N4S/c1-3-6-17-15(14-5-4-11(2)20-14)12-9-18-19-8-7-16-10-13(12)19/h4-5,7-10,15,17H,3,6H2,1-2H3. The van der Waals surface area contributed by atoms with E-state index in [0.717, 1.165) is 18.5 Å². The number of fused-ring (bicyclic) bond motifs is 1. The summed E-state index contributed by atoms with van der Waals surface area (Å²) in [6.07, 6.45) is 8.57. The summed E-state index contributed by atoms with van der Waals surface area (Å²) in [5, 5.41) is 8.04. The van der Waals surface area contributed by atoms with Crippen LogP contribution < -0.4 is 5.32 Å². The third-order valence-corrected chi connectivity index (χ3v) is 4.38. The van der Waals surface area contributed by atoms with Crippen LogP contribution in [0.5, 0.6) is 0 Å². The highest BCUT2D eigenvalue weighted by Crippen LogP contribution is 2.30. The van der Waals surface area contributed by atoms with Crippen molar-refractivity contribution in [3.63, 3.8) is 0 Å². The minimum atomic E-state index is 0.190. The van der Waals surface area contributed by atoms with Crippen molar-refractivity contribution in [2.75, 3.05) is 6.54 Å². The van der Waals surface area contributed by atoms with Crippen molar-refractivity contribution < 1.29 is 0 Å². The lowest BCUT2D eigenvalue weighted by Gasteiger charge is -2.16. The summed E-state index contributed by atoms with van der Waals surface area (Å²) in [7, 11) is 0. The number of rotatable bonds is 5. The van der Waals surface area contributed by atoms with Crippen LogP contribution in [0.3, 0.4) is 0 Å². The summed E-state index contributed by atoms with van der Waals surface area (Å²) in [6, 6.07) is 4.56. The maximum absolute atomic E-state index is 4.42. The fraction of sp³-hybridized carbons (Fsp3) is 0.333. The Balaban J connectivity index is 2.04. The summed E-state index contributed by atoms with van der Waals surface area (Å²) in [4.78, 5) is 6.88. The molecule has 3 aromatic heterocycles. The molecule has 0 aliphatic heterocycles. The molecule has 1 unspecified atom stereocenters. The predicted molar refractivity (Wildman–Crippen MR) is 82.2 cm³/mol. The monoisotopic (exact) mass is 286 g/mol. The smallest absolute Gasteiger partial charge is 0.0896 e. The van der Waals surface area contributed by atoms with Crippen molar-refractivity contribution >= 4 is 16.9 Å². The number of nitrogens with zero attached hydrogens (tertiary/aromatic N) is 3. The Morgan fingerprint density at radius 2 is 2.25 bits per heavy atom. The molecule has 0 fully saturated rings. The highest BCUT2D eigenvalue weighted by atomic mass is 32.1. The van der Waals surface area contributed by atoms with Gasteiger partial charge in [0.05, 0.1) is 24.0 Å². The second-order valence-corrected chi connectivity index (χ2v) is 6.16. The van der Waals surface area contributed by atoms with Gasteiger partial charge in [-0.3, -0.25) is 4.98 Å². The van der Waals surface area contributed by atoms with Crippen molar-refractivity contribution in [3.05, 3.63) is 52.2 Å². The van der Waals surface area contributed by atoms with Gasteiger partial charge in [0.2, 0.25) is 0 Å². The summed E-state index contributed by atoms with van der Waals surface area (Å²) in [5.74, 6) is 0. The van der Waals surface area contributed by atoms with Crippen LogP contribution in [0.4, 0.5) is 0 Å². The molecule has 3 rings (SSSR count). The van der Waals surface area contributed by atoms with Gasteiger partial charge in [0, 0.05) is 27.7 Å². The maximum atomic E-state index is 4.42. The van der Waals surface area contributed by atoms with Crippen molar-refractivity contribution in [1.82, 2.24) is 19.9 Å². The van der Waals surface area contributed by atoms with E-state index >= 15 is 0 Å². The van der Waals surface area contributed by atoms with E-state index in [0.29, 0.717) is 0 Å². The van der Waals surface area contributed by atoms with Gasteiger partial charge in [-0.1, -0.05) is 6.92 Å².